The lowest BCUT2D eigenvalue weighted by molar-refractivity contribution is -0.0215. The van der Waals surface area contributed by atoms with Crippen molar-refractivity contribution in [2.75, 3.05) is 13.7 Å². The lowest BCUT2D eigenvalue weighted by Crippen LogP contribution is -2.59. The van der Waals surface area contributed by atoms with E-state index in [2.05, 4.69) is 46.1 Å². The van der Waals surface area contributed by atoms with Crippen LogP contribution in [0.4, 0.5) is 0 Å². The Morgan fingerprint density at radius 3 is 2.11 bits per heavy atom. The van der Waals surface area contributed by atoms with Crippen LogP contribution in [0.25, 0.3) is 0 Å². The molecule has 0 aromatic carbocycles. The van der Waals surface area contributed by atoms with E-state index < -0.39 is 8.32 Å². The molecule has 3 nitrogen and oxygen atoms in total. The third-order valence-electron chi connectivity index (χ3n) is 3.98. The van der Waals surface area contributed by atoms with Crippen molar-refractivity contribution in [1.82, 2.24) is 5.32 Å². The highest BCUT2D eigenvalue weighted by atomic mass is 28.4. The summed E-state index contributed by atoms with van der Waals surface area (Å²) in [6.07, 6.45) is 3.71. The van der Waals surface area contributed by atoms with Crippen LogP contribution in [0.3, 0.4) is 0 Å². The molecule has 19 heavy (non-hydrogen) atoms. The normalized spacial score (nSPS) is 23.5. The molecule has 0 aromatic heterocycles. The zero-order valence-corrected chi connectivity index (χ0v) is 14.9. The Hall–Kier alpha value is 0.0969. The first-order valence-corrected chi connectivity index (χ1v) is 10.6. The Balaban J connectivity index is 2.33. The first kappa shape index (κ1) is 17.1. The van der Waals surface area contributed by atoms with Crippen molar-refractivity contribution >= 4 is 8.32 Å². The summed E-state index contributed by atoms with van der Waals surface area (Å²) in [7, 11) is 0.425. The van der Waals surface area contributed by atoms with Gasteiger partial charge in [0, 0.05) is 24.8 Å². The largest absolute Gasteiger partial charge is 0.420 e. The molecule has 1 aliphatic heterocycles. The van der Waals surface area contributed by atoms with Gasteiger partial charge in [0.15, 0.2) is 8.32 Å². The predicted octanol–water partition coefficient (Wildman–Crippen LogP) is 3.55. The van der Waals surface area contributed by atoms with Gasteiger partial charge >= 0.3 is 0 Å². The summed E-state index contributed by atoms with van der Waals surface area (Å²) < 4.78 is 11.7. The number of nitrogens with one attached hydrogen (secondary N) is 1. The molecule has 1 saturated heterocycles. The lowest BCUT2D eigenvalue weighted by Gasteiger charge is -2.46. The van der Waals surface area contributed by atoms with Gasteiger partial charge in [-0.25, -0.2) is 0 Å². The van der Waals surface area contributed by atoms with Crippen molar-refractivity contribution in [3.8, 4) is 0 Å². The Bertz CT molecular complexity index is 274. The molecule has 1 aliphatic rings. The standard InChI is InChI=1S/C15H33NO2Si/c1-14(2)11-13(12-15(3,4)16-14)18-9-8-10-19(6,7)17-5/h13,16H,8-12H2,1-7H3. The van der Waals surface area contributed by atoms with E-state index in [1.54, 1.807) is 0 Å². The fourth-order valence-corrected chi connectivity index (χ4v) is 4.40. The Morgan fingerprint density at radius 2 is 1.63 bits per heavy atom. The van der Waals surface area contributed by atoms with Gasteiger partial charge in [0.25, 0.3) is 0 Å². The summed E-state index contributed by atoms with van der Waals surface area (Å²) in [5, 5.41) is 3.69. The van der Waals surface area contributed by atoms with E-state index in [0.717, 1.165) is 25.9 Å². The summed E-state index contributed by atoms with van der Waals surface area (Å²) >= 11 is 0. The van der Waals surface area contributed by atoms with Crippen LogP contribution in [-0.4, -0.2) is 39.2 Å². The van der Waals surface area contributed by atoms with Crippen LogP contribution in [-0.2, 0) is 9.16 Å². The molecular formula is C15H33NO2Si. The molecule has 0 amide bonds. The predicted molar refractivity (Wildman–Crippen MR) is 84.2 cm³/mol. The second-order valence-corrected chi connectivity index (χ2v) is 12.3. The first-order chi connectivity index (χ1) is 8.55. The first-order valence-electron chi connectivity index (χ1n) is 7.51. The van der Waals surface area contributed by atoms with Crippen LogP contribution in [0.2, 0.25) is 19.1 Å². The maximum atomic E-state index is 6.12. The fourth-order valence-electron chi connectivity index (χ4n) is 3.20. The molecule has 0 spiro atoms. The van der Waals surface area contributed by atoms with Crippen LogP contribution in [0.1, 0.15) is 47.0 Å². The van der Waals surface area contributed by atoms with E-state index in [1.165, 1.54) is 6.04 Å². The molecule has 1 fully saturated rings. The van der Waals surface area contributed by atoms with Crippen LogP contribution in [0.15, 0.2) is 0 Å². The Morgan fingerprint density at radius 1 is 1.11 bits per heavy atom. The minimum Gasteiger partial charge on any atom is -0.420 e. The zero-order valence-electron chi connectivity index (χ0n) is 13.9. The van der Waals surface area contributed by atoms with E-state index in [4.69, 9.17) is 9.16 Å². The number of rotatable bonds is 6. The average molecular weight is 288 g/mol. The molecule has 4 heteroatoms. The van der Waals surface area contributed by atoms with Crippen molar-refractivity contribution < 1.29 is 9.16 Å². The van der Waals surface area contributed by atoms with E-state index in [9.17, 15) is 0 Å². The van der Waals surface area contributed by atoms with Crippen LogP contribution in [0, 0.1) is 0 Å². The highest BCUT2D eigenvalue weighted by Crippen LogP contribution is 2.30. The highest BCUT2D eigenvalue weighted by Gasteiger charge is 2.38. The van der Waals surface area contributed by atoms with Crippen molar-refractivity contribution in [2.45, 2.75) is 83.3 Å². The summed E-state index contributed by atoms with van der Waals surface area (Å²) in [6.45, 7) is 14.5. The number of hydrogen-bond acceptors (Lipinski definition) is 3. The molecule has 0 bridgehead atoms. The summed E-state index contributed by atoms with van der Waals surface area (Å²) in [6, 6.07) is 1.18. The van der Waals surface area contributed by atoms with Gasteiger partial charge in [0.2, 0.25) is 0 Å². The van der Waals surface area contributed by atoms with Gasteiger partial charge in [-0.05, 0) is 66.1 Å². The van der Waals surface area contributed by atoms with Crippen LogP contribution < -0.4 is 5.32 Å². The lowest BCUT2D eigenvalue weighted by atomic mass is 9.81. The molecule has 1 heterocycles. The summed E-state index contributed by atoms with van der Waals surface area (Å²) in [4.78, 5) is 0. The van der Waals surface area contributed by atoms with Crippen LogP contribution in [0.5, 0.6) is 0 Å². The third kappa shape index (κ3) is 6.39. The summed E-state index contributed by atoms with van der Waals surface area (Å²) in [5.41, 5.74) is 0.347. The van der Waals surface area contributed by atoms with Gasteiger partial charge in [0.1, 0.15) is 0 Å². The number of piperidine rings is 1. The summed E-state index contributed by atoms with van der Waals surface area (Å²) in [5.74, 6) is 0. The van der Waals surface area contributed by atoms with Gasteiger partial charge < -0.3 is 14.5 Å². The minimum absolute atomic E-state index is 0.174. The van der Waals surface area contributed by atoms with E-state index in [1.807, 2.05) is 7.11 Å². The van der Waals surface area contributed by atoms with Crippen molar-refractivity contribution in [1.29, 1.82) is 0 Å². The van der Waals surface area contributed by atoms with Gasteiger partial charge in [-0.1, -0.05) is 0 Å². The number of hydrogen-bond donors (Lipinski definition) is 1. The highest BCUT2D eigenvalue weighted by molar-refractivity contribution is 6.71. The van der Waals surface area contributed by atoms with E-state index >= 15 is 0 Å². The molecule has 0 aliphatic carbocycles. The smallest absolute Gasteiger partial charge is 0.186 e. The molecule has 0 radical (unpaired) electrons. The second-order valence-electron chi connectivity index (χ2n) is 7.86. The molecule has 1 rings (SSSR count). The zero-order chi connectivity index (χ0) is 14.7. The third-order valence-corrected chi connectivity index (χ3v) is 6.64. The van der Waals surface area contributed by atoms with Crippen molar-refractivity contribution in [3.63, 3.8) is 0 Å². The topological polar surface area (TPSA) is 30.5 Å². The molecule has 0 atom stereocenters. The Kier molecular flexibility index (Phi) is 5.64. The maximum Gasteiger partial charge on any atom is 0.186 e. The van der Waals surface area contributed by atoms with Gasteiger partial charge in [0.05, 0.1) is 6.10 Å². The van der Waals surface area contributed by atoms with Crippen LogP contribution >= 0.6 is 0 Å². The second kappa shape index (κ2) is 6.25. The van der Waals surface area contributed by atoms with Crippen molar-refractivity contribution in [2.24, 2.45) is 0 Å². The minimum atomic E-state index is -1.41. The molecule has 0 unspecified atom stereocenters. The maximum absolute atomic E-state index is 6.12. The van der Waals surface area contributed by atoms with E-state index in [0.29, 0.717) is 6.10 Å². The molecule has 0 aromatic rings. The monoisotopic (exact) mass is 287 g/mol. The Labute approximate surface area is 120 Å². The van der Waals surface area contributed by atoms with Gasteiger partial charge in [-0.2, -0.15) is 0 Å². The van der Waals surface area contributed by atoms with E-state index in [-0.39, 0.29) is 11.1 Å². The van der Waals surface area contributed by atoms with Crippen molar-refractivity contribution in [3.05, 3.63) is 0 Å². The van der Waals surface area contributed by atoms with Gasteiger partial charge in [-0.15, -0.1) is 0 Å². The molecule has 114 valence electrons. The molecule has 1 N–H and O–H groups in total. The average Bonchev–Trinajstić information content (AvgIpc) is 2.20. The quantitative estimate of drug-likeness (QED) is 0.598. The van der Waals surface area contributed by atoms with Gasteiger partial charge in [-0.3, -0.25) is 0 Å². The SMILES string of the molecule is CO[Si](C)(C)CCCOC1CC(C)(C)NC(C)(C)C1. The number of ether oxygens (including phenoxy) is 1. The molecular weight excluding hydrogens is 254 g/mol. The molecule has 0 saturated carbocycles. The fraction of sp³-hybridized carbons (Fsp3) is 1.00.